The van der Waals surface area contributed by atoms with Crippen LogP contribution in [0.4, 0.5) is 0 Å². The van der Waals surface area contributed by atoms with Crippen molar-refractivity contribution >= 4 is 20.8 Å². The Balaban J connectivity index is 1.55. The summed E-state index contributed by atoms with van der Waals surface area (Å²) < 4.78 is 73.7. The van der Waals surface area contributed by atoms with Gasteiger partial charge >= 0.3 is 20.8 Å². The van der Waals surface area contributed by atoms with Crippen LogP contribution in [0.2, 0.25) is 0 Å². The van der Waals surface area contributed by atoms with E-state index < -0.39 is 44.0 Å². The second-order valence-corrected chi connectivity index (χ2v) is 15.5. The van der Waals surface area contributed by atoms with Crippen molar-refractivity contribution in [1.82, 2.24) is 0 Å². The first kappa shape index (κ1) is 31.3. The van der Waals surface area contributed by atoms with Gasteiger partial charge in [0.25, 0.3) is 0 Å². The van der Waals surface area contributed by atoms with Crippen molar-refractivity contribution in [3.63, 3.8) is 0 Å². The molecule has 10 atom stereocenters. The fourth-order valence-electron chi connectivity index (χ4n) is 9.58. The Morgan fingerprint density at radius 1 is 0.974 bits per heavy atom. The number of aliphatic hydroxyl groups is 2. The molecule has 0 saturated heterocycles. The van der Waals surface area contributed by atoms with E-state index in [1.807, 2.05) is 13.8 Å². The Hall–Kier alpha value is -0.600. The monoisotopic (exact) mass is 594 g/mol. The molecule has 0 aromatic rings. The zero-order chi connectivity index (χ0) is 29.0. The lowest BCUT2D eigenvalue weighted by Crippen LogP contribution is -2.69. The minimum Gasteiger partial charge on any atom is -0.387 e. The minimum atomic E-state index is -4.76. The maximum absolute atomic E-state index is 11.8. The number of hydrogen-bond donors (Lipinski definition) is 4. The molecular weight excluding hydrogens is 548 g/mol. The first-order chi connectivity index (χ1) is 17.9. The molecule has 4 saturated carbocycles. The summed E-state index contributed by atoms with van der Waals surface area (Å²) in [4.78, 5) is 0. The smallest absolute Gasteiger partial charge is 0.387 e. The number of rotatable bonds is 10. The van der Waals surface area contributed by atoms with Gasteiger partial charge in [0.05, 0.1) is 12.2 Å². The SMILES string of the molecule is C=C(C)CCC[C@@H](COS(=O)(=O)O)[C@H]1CC[C@H]2[C@@H]3CC[C@]4(O)[C@H](O)[C@H](OS(=O)(=O)O)CC[C@]4(C)[C@H]3CC[C@]12C. The summed E-state index contributed by atoms with van der Waals surface area (Å²) in [6.07, 6.45) is 5.19. The van der Waals surface area contributed by atoms with E-state index in [9.17, 15) is 36.2 Å². The van der Waals surface area contributed by atoms with Crippen LogP contribution in [-0.4, -0.2) is 60.6 Å². The van der Waals surface area contributed by atoms with Crippen molar-refractivity contribution in [3.05, 3.63) is 12.2 Å². The number of aliphatic hydroxyl groups excluding tert-OH is 1. The van der Waals surface area contributed by atoms with Gasteiger partial charge in [0.15, 0.2) is 0 Å². The largest absolute Gasteiger partial charge is 0.397 e. The van der Waals surface area contributed by atoms with Crippen molar-refractivity contribution < 1.29 is 44.5 Å². The summed E-state index contributed by atoms with van der Waals surface area (Å²) in [5.41, 5.74) is -1.14. The number of hydrogen-bond acceptors (Lipinski definition) is 8. The van der Waals surface area contributed by atoms with E-state index in [0.717, 1.165) is 50.5 Å². The molecule has 39 heavy (non-hydrogen) atoms. The molecule has 12 heteroatoms. The molecule has 226 valence electrons. The molecule has 10 nitrogen and oxygen atoms in total. The summed E-state index contributed by atoms with van der Waals surface area (Å²) in [6, 6.07) is 0. The van der Waals surface area contributed by atoms with Gasteiger partial charge in [0.2, 0.25) is 0 Å². The van der Waals surface area contributed by atoms with Crippen LogP contribution in [-0.2, 0) is 29.2 Å². The first-order valence-corrected chi connectivity index (χ1v) is 17.0. The van der Waals surface area contributed by atoms with Gasteiger partial charge < -0.3 is 10.2 Å². The third-order valence-electron chi connectivity index (χ3n) is 11.4. The highest BCUT2D eigenvalue weighted by Gasteiger charge is 2.67. The highest BCUT2D eigenvalue weighted by atomic mass is 32.3. The van der Waals surface area contributed by atoms with Gasteiger partial charge in [0, 0.05) is 5.41 Å². The lowest BCUT2D eigenvalue weighted by Gasteiger charge is -2.65. The fraction of sp³-hybridized carbons (Fsp3) is 0.926. The molecule has 0 unspecified atom stereocenters. The third-order valence-corrected chi connectivity index (χ3v) is 12.3. The van der Waals surface area contributed by atoms with Crippen LogP contribution in [0.5, 0.6) is 0 Å². The molecule has 0 aromatic carbocycles. The molecule has 0 aliphatic heterocycles. The normalized spacial score (nSPS) is 43.3. The zero-order valence-electron chi connectivity index (χ0n) is 23.3. The number of fused-ring (bicyclic) bond motifs is 5. The van der Waals surface area contributed by atoms with Crippen LogP contribution in [0.3, 0.4) is 0 Å². The summed E-state index contributed by atoms with van der Waals surface area (Å²) in [7, 11) is -9.30. The molecule has 0 spiro atoms. The highest BCUT2D eigenvalue weighted by molar-refractivity contribution is 7.81. The van der Waals surface area contributed by atoms with Gasteiger partial charge in [-0.25, -0.2) is 8.37 Å². The van der Waals surface area contributed by atoms with E-state index in [2.05, 4.69) is 13.5 Å². The molecule has 4 N–H and O–H groups in total. The number of allylic oxidation sites excluding steroid dienone is 1. The Morgan fingerprint density at radius 2 is 1.67 bits per heavy atom. The van der Waals surface area contributed by atoms with Crippen LogP contribution in [0, 0.1) is 40.4 Å². The standard InChI is InChI=1S/C27H46O10S2/c1-17(2)6-5-7-18(16-36-38(30,31)32)20-8-9-21-19-10-15-27(29)24(28)23(37-39(33,34)35)12-14-26(27,4)22(19)11-13-25(20,21)3/h18-24,28-29H,1,5-16H2,2-4H3,(H,30,31,32)(H,33,34,35)/t18-,19-,20+,21-,22-,23+,24+,25+,26+,27-/m0/s1. The second-order valence-electron chi connectivity index (χ2n) is 13.4. The topological polar surface area (TPSA) is 168 Å². The lowest BCUT2D eigenvalue weighted by atomic mass is 9.42. The molecular formula is C27H46O10S2. The van der Waals surface area contributed by atoms with Crippen molar-refractivity contribution in [2.75, 3.05) is 6.61 Å². The third kappa shape index (κ3) is 6.00. The van der Waals surface area contributed by atoms with Gasteiger partial charge in [-0.15, -0.1) is 6.58 Å². The lowest BCUT2D eigenvalue weighted by molar-refractivity contribution is -0.265. The molecule has 4 rings (SSSR count). The van der Waals surface area contributed by atoms with Crippen LogP contribution in [0.1, 0.15) is 91.4 Å². The van der Waals surface area contributed by atoms with Crippen LogP contribution < -0.4 is 0 Å². The molecule has 0 bridgehead atoms. The molecule has 4 aliphatic rings. The van der Waals surface area contributed by atoms with Gasteiger partial charge in [-0.2, -0.15) is 16.8 Å². The summed E-state index contributed by atoms with van der Waals surface area (Å²) in [5, 5.41) is 22.9. The van der Waals surface area contributed by atoms with E-state index in [0.29, 0.717) is 31.1 Å². The Bertz CT molecular complexity index is 1140. The maximum atomic E-state index is 11.8. The van der Waals surface area contributed by atoms with Crippen molar-refractivity contribution in [1.29, 1.82) is 0 Å². The maximum Gasteiger partial charge on any atom is 0.397 e. The van der Waals surface area contributed by atoms with Gasteiger partial charge in [0.1, 0.15) is 12.2 Å². The molecule has 0 heterocycles. The predicted octanol–water partition coefficient (Wildman–Crippen LogP) is 4.10. The quantitative estimate of drug-likeness (QED) is 0.213. The van der Waals surface area contributed by atoms with Crippen LogP contribution >= 0.6 is 0 Å². The van der Waals surface area contributed by atoms with Gasteiger partial charge in [-0.05, 0) is 113 Å². The summed E-state index contributed by atoms with van der Waals surface area (Å²) in [6.45, 7) is 10.2. The Labute approximate surface area is 233 Å². The van der Waals surface area contributed by atoms with E-state index in [-0.39, 0.29) is 36.2 Å². The second kappa shape index (κ2) is 10.9. The van der Waals surface area contributed by atoms with Crippen molar-refractivity contribution in [2.24, 2.45) is 40.4 Å². The first-order valence-electron chi connectivity index (χ1n) is 14.2. The summed E-state index contributed by atoms with van der Waals surface area (Å²) in [5.74, 6) is 1.01. The van der Waals surface area contributed by atoms with E-state index in [4.69, 9.17) is 8.37 Å². The average molecular weight is 595 g/mol. The Kier molecular flexibility index (Phi) is 8.77. The summed E-state index contributed by atoms with van der Waals surface area (Å²) >= 11 is 0. The van der Waals surface area contributed by atoms with Crippen LogP contribution in [0.15, 0.2) is 12.2 Å². The molecule has 4 fully saturated rings. The van der Waals surface area contributed by atoms with Crippen molar-refractivity contribution in [2.45, 2.75) is 109 Å². The predicted molar refractivity (Wildman–Crippen MR) is 144 cm³/mol. The van der Waals surface area contributed by atoms with Gasteiger partial charge in [-0.3, -0.25) is 9.11 Å². The Morgan fingerprint density at radius 3 is 2.28 bits per heavy atom. The van der Waals surface area contributed by atoms with Crippen molar-refractivity contribution in [3.8, 4) is 0 Å². The minimum absolute atomic E-state index is 0.0243. The molecule has 0 amide bonds. The van der Waals surface area contributed by atoms with E-state index in [1.165, 1.54) is 0 Å². The fourth-order valence-corrected chi connectivity index (χ4v) is 10.4. The van der Waals surface area contributed by atoms with E-state index >= 15 is 0 Å². The van der Waals surface area contributed by atoms with E-state index in [1.54, 1.807) is 0 Å². The highest BCUT2D eigenvalue weighted by Crippen LogP contribution is 2.69. The molecule has 4 aliphatic carbocycles. The molecule has 0 radical (unpaired) electrons. The zero-order valence-corrected chi connectivity index (χ0v) is 24.9. The van der Waals surface area contributed by atoms with Crippen LogP contribution in [0.25, 0.3) is 0 Å². The molecule has 0 aromatic heterocycles. The average Bonchev–Trinajstić information content (AvgIpc) is 3.15. The van der Waals surface area contributed by atoms with Gasteiger partial charge in [-0.1, -0.05) is 19.4 Å².